The van der Waals surface area contributed by atoms with Gasteiger partial charge in [-0.3, -0.25) is 14.9 Å². The number of pyridine rings is 1. The zero-order valence-corrected chi connectivity index (χ0v) is 18.9. The molecular weight excluding hydrogens is 418 g/mol. The summed E-state index contributed by atoms with van der Waals surface area (Å²) < 4.78 is 11.9. The first-order valence-corrected chi connectivity index (χ1v) is 11.5. The van der Waals surface area contributed by atoms with Crippen LogP contribution in [0.1, 0.15) is 30.4 Å². The zero-order valence-electron chi connectivity index (χ0n) is 18.9. The third kappa shape index (κ3) is 4.43. The smallest absolute Gasteiger partial charge is 0.187 e. The fraction of sp³-hybridized carbons (Fsp3) is 0.400. The maximum Gasteiger partial charge on any atom is 0.187 e. The van der Waals surface area contributed by atoms with Crippen molar-refractivity contribution in [3.05, 3.63) is 53.9 Å². The van der Waals surface area contributed by atoms with E-state index < -0.39 is 0 Å². The number of fused-ring (bicyclic) bond motifs is 3. The molecular formula is C25H29N5O3. The van der Waals surface area contributed by atoms with E-state index in [4.69, 9.17) is 19.5 Å². The van der Waals surface area contributed by atoms with Gasteiger partial charge in [0, 0.05) is 42.7 Å². The summed E-state index contributed by atoms with van der Waals surface area (Å²) in [7, 11) is 1.63. The van der Waals surface area contributed by atoms with E-state index in [0.29, 0.717) is 48.3 Å². The Labute approximate surface area is 193 Å². The Kier molecular flexibility index (Phi) is 6.26. The number of aliphatic imine (C=N–C) groups is 2. The van der Waals surface area contributed by atoms with Crippen LogP contribution in [0, 0.1) is 0 Å². The summed E-state index contributed by atoms with van der Waals surface area (Å²) in [5, 5.41) is 10.7. The highest BCUT2D eigenvalue weighted by Gasteiger charge is 2.32. The molecule has 0 radical (unpaired) electrons. The van der Waals surface area contributed by atoms with Gasteiger partial charge < -0.3 is 19.5 Å². The molecule has 5 rings (SSSR count). The second-order valence-corrected chi connectivity index (χ2v) is 8.34. The topological polar surface area (TPSA) is 82.8 Å². The monoisotopic (exact) mass is 447 g/mol. The largest absolute Gasteiger partial charge is 0.507 e. The van der Waals surface area contributed by atoms with Crippen molar-refractivity contribution in [1.82, 2.24) is 14.8 Å². The van der Waals surface area contributed by atoms with Crippen LogP contribution < -0.4 is 9.47 Å². The van der Waals surface area contributed by atoms with Crippen LogP contribution in [-0.4, -0.2) is 78.0 Å². The third-order valence-corrected chi connectivity index (χ3v) is 6.22. The second kappa shape index (κ2) is 9.62. The van der Waals surface area contributed by atoms with Crippen molar-refractivity contribution in [3.8, 4) is 11.5 Å². The Morgan fingerprint density at radius 1 is 1.15 bits per heavy atom. The number of methoxy groups -OCH3 is 1. The first-order chi connectivity index (χ1) is 16.2. The maximum absolute atomic E-state index is 10.7. The van der Waals surface area contributed by atoms with E-state index in [1.165, 1.54) is 19.3 Å². The van der Waals surface area contributed by atoms with Crippen LogP contribution in [-0.2, 0) is 0 Å². The normalized spacial score (nSPS) is 18.3. The van der Waals surface area contributed by atoms with Crippen LogP contribution in [0.3, 0.4) is 0 Å². The number of benzene rings is 1. The fourth-order valence-electron chi connectivity index (χ4n) is 4.53. The van der Waals surface area contributed by atoms with E-state index >= 15 is 0 Å². The van der Waals surface area contributed by atoms with E-state index in [0.717, 1.165) is 31.0 Å². The maximum atomic E-state index is 10.7. The second-order valence-electron chi connectivity index (χ2n) is 8.34. The summed E-state index contributed by atoms with van der Waals surface area (Å²) >= 11 is 0. The molecule has 1 aromatic heterocycles. The number of aliphatic hydroxyl groups excluding tert-OH is 1. The van der Waals surface area contributed by atoms with E-state index in [1.807, 2.05) is 23.1 Å². The molecule has 0 saturated carbocycles. The summed E-state index contributed by atoms with van der Waals surface area (Å²) in [6.45, 7) is 5.16. The first kappa shape index (κ1) is 21.5. The van der Waals surface area contributed by atoms with Crippen LogP contribution in [0.2, 0.25) is 0 Å². The molecule has 3 aliphatic heterocycles. The van der Waals surface area contributed by atoms with Gasteiger partial charge in [-0.25, -0.2) is 4.99 Å². The zero-order chi connectivity index (χ0) is 22.6. The Bertz CT molecular complexity index is 1090. The van der Waals surface area contributed by atoms with Crippen molar-refractivity contribution in [2.75, 3.05) is 46.4 Å². The number of aromatic nitrogens is 1. The molecule has 8 nitrogen and oxygen atoms in total. The summed E-state index contributed by atoms with van der Waals surface area (Å²) in [6, 6.07) is 7.53. The highest BCUT2D eigenvalue weighted by atomic mass is 16.5. The van der Waals surface area contributed by atoms with Gasteiger partial charge in [-0.05, 0) is 50.2 Å². The standard InChI is InChI=1S/C25H29N5O3/c1-32-24-21(33-15-14-29-11-3-2-4-12-29)8-7-19-23(24)28-22(30-13-10-27-25(19)30)16-20(31)18-6-5-9-26-17-18/h5-9,16-17,31H,2-4,10-15H2,1H3/b20-16-. The Morgan fingerprint density at radius 2 is 2.03 bits per heavy atom. The average Bonchev–Trinajstić information content (AvgIpc) is 3.36. The van der Waals surface area contributed by atoms with E-state index in [1.54, 1.807) is 31.6 Å². The quantitative estimate of drug-likeness (QED) is 0.653. The molecule has 1 saturated heterocycles. The molecule has 1 N–H and O–H groups in total. The summed E-state index contributed by atoms with van der Waals surface area (Å²) in [5.74, 6) is 2.81. The van der Waals surface area contributed by atoms with Crippen molar-refractivity contribution < 1.29 is 14.6 Å². The summed E-state index contributed by atoms with van der Waals surface area (Å²) in [4.78, 5) is 18.1. The molecule has 0 bridgehead atoms. The SMILES string of the molecule is COc1c(OCCN2CCCCC2)ccc2c1N=C(/C=C(\O)c1cccnc1)N1CCN=C21. The number of ether oxygens (including phenoxy) is 2. The van der Waals surface area contributed by atoms with Crippen molar-refractivity contribution >= 4 is 23.1 Å². The molecule has 4 heterocycles. The van der Waals surface area contributed by atoms with Crippen LogP contribution in [0.25, 0.3) is 5.76 Å². The van der Waals surface area contributed by atoms with E-state index in [2.05, 4.69) is 9.88 Å². The van der Waals surface area contributed by atoms with Crippen LogP contribution in [0.15, 0.2) is 52.7 Å². The van der Waals surface area contributed by atoms with Gasteiger partial charge >= 0.3 is 0 Å². The minimum Gasteiger partial charge on any atom is -0.507 e. The summed E-state index contributed by atoms with van der Waals surface area (Å²) in [6.07, 6.45) is 8.80. The van der Waals surface area contributed by atoms with Crippen molar-refractivity contribution in [1.29, 1.82) is 0 Å². The lowest BCUT2D eigenvalue weighted by Crippen LogP contribution is -2.36. The van der Waals surface area contributed by atoms with Gasteiger partial charge in [0.25, 0.3) is 0 Å². The number of aliphatic hydroxyl groups is 1. The molecule has 0 spiro atoms. The number of likely N-dealkylation sites (tertiary alicyclic amines) is 1. The highest BCUT2D eigenvalue weighted by molar-refractivity contribution is 6.20. The van der Waals surface area contributed by atoms with Crippen molar-refractivity contribution in [2.45, 2.75) is 19.3 Å². The highest BCUT2D eigenvalue weighted by Crippen LogP contribution is 2.43. The molecule has 0 aliphatic carbocycles. The van der Waals surface area contributed by atoms with Gasteiger partial charge in [0.1, 0.15) is 29.7 Å². The Hall–Kier alpha value is -3.39. The van der Waals surface area contributed by atoms with Gasteiger partial charge in [0.15, 0.2) is 11.5 Å². The molecule has 172 valence electrons. The van der Waals surface area contributed by atoms with Gasteiger partial charge in [-0.2, -0.15) is 0 Å². The van der Waals surface area contributed by atoms with Gasteiger partial charge in [-0.15, -0.1) is 0 Å². The summed E-state index contributed by atoms with van der Waals surface area (Å²) in [5.41, 5.74) is 2.21. The predicted octanol–water partition coefficient (Wildman–Crippen LogP) is 3.66. The molecule has 3 aliphatic rings. The fourth-order valence-corrected chi connectivity index (χ4v) is 4.53. The molecule has 33 heavy (non-hydrogen) atoms. The van der Waals surface area contributed by atoms with Crippen LogP contribution in [0.4, 0.5) is 5.69 Å². The molecule has 1 aromatic carbocycles. The molecule has 2 aromatic rings. The minimum atomic E-state index is 0.101. The lowest BCUT2D eigenvalue weighted by molar-refractivity contribution is 0.180. The number of piperidine rings is 1. The molecule has 1 fully saturated rings. The van der Waals surface area contributed by atoms with Crippen molar-refractivity contribution in [3.63, 3.8) is 0 Å². The Balaban J connectivity index is 1.44. The van der Waals surface area contributed by atoms with Gasteiger partial charge in [0.2, 0.25) is 0 Å². The Morgan fingerprint density at radius 3 is 2.82 bits per heavy atom. The van der Waals surface area contributed by atoms with E-state index in [9.17, 15) is 5.11 Å². The molecule has 8 heteroatoms. The number of amidine groups is 2. The van der Waals surface area contributed by atoms with Gasteiger partial charge in [0.05, 0.1) is 13.7 Å². The first-order valence-electron chi connectivity index (χ1n) is 11.5. The number of nitrogens with zero attached hydrogens (tertiary/aromatic N) is 5. The minimum absolute atomic E-state index is 0.101. The molecule has 0 atom stereocenters. The third-order valence-electron chi connectivity index (χ3n) is 6.22. The van der Waals surface area contributed by atoms with Crippen molar-refractivity contribution in [2.24, 2.45) is 9.98 Å². The van der Waals surface area contributed by atoms with Crippen LogP contribution in [0.5, 0.6) is 11.5 Å². The number of hydrogen-bond acceptors (Lipinski definition) is 8. The average molecular weight is 448 g/mol. The molecule has 0 amide bonds. The number of rotatable bonds is 7. The molecule has 0 unspecified atom stereocenters. The number of hydrogen-bond donors (Lipinski definition) is 1. The lowest BCUT2D eigenvalue weighted by Gasteiger charge is -2.28. The van der Waals surface area contributed by atoms with E-state index in [-0.39, 0.29) is 5.76 Å². The van der Waals surface area contributed by atoms with Crippen LogP contribution >= 0.6 is 0 Å². The van der Waals surface area contributed by atoms with Gasteiger partial charge in [-0.1, -0.05) is 6.42 Å². The lowest BCUT2D eigenvalue weighted by atomic mass is 10.1. The predicted molar refractivity (Wildman–Crippen MR) is 129 cm³/mol.